The van der Waals surface area contributed by atoms with Crippen molar-refractivity contribution < 1.29 is 26.3 Å². The van der Waals surface area contributed by atoms with E-state index in [0.29, 0.717) is 35.8 Å². The molecule has 0 saturated carbocycles. The smallest absolute Gasteiger partial charge is 0.433 e. The minimum Gasteiger partial charge on any atom is -0.493 e. The summed E-state index contributed by atoms with van der Waals surface area (Å²) in [5.74, 6) is 1.03. The summed E-state index contributed by atoms with van der Waals surface area (Å²) in [5, 5.41) is 3.90. The van der Waals surface area contributed by atoms with Crippen LogP contribution in [0.1, 0.15) is 36.4 Å². The second-order valence-corrected chi connectivity index (χ2v) is 10.6. The average Bonchev–Trinajstić information content (AvgIpc) is 2.80. The highest BCUT2D eigenvalue weighted by molar-refractivity contribution is 7.92. The van der Waals surface area contributed by atoms with E-state index >= 15 is 0 Å². The molecule has 0 aliphatic carbocycles. The second-order valence-electron chi connectivity index (χ2n) is 8.85. The third-order valence-electron chi connectivity index (χ3n) is 6.24. The first-order valence-electron chi connectivity index (χ1n) is 11.5. The Morgan fingerprint density at radius 2 is 1.86 bits per heavy atom. The number of nitrogens with zero attached hydrogens (tertiary/aromatic N) is 1. The largest absolute Gasteiger partial charge is 0.493 e. The maximum Gasteiger partial charge on any atom is 0.433 e. The van der Waals surface area contributed by atoms with Crippen LogP contribution >= 0.6 is 0 Å². The Bertz CT molecular complexity index is 1280. The van der Waals surface area contributed by atoms with Crippen molar-refractivity contribution in [2.24, 2.45) is 5.92 Å². The van der Waals surface area contributed by atoms with Crippen LogP contribution in [0.4, 0.5) is 18.9 Å². The van der Waals surface area contributed by atoms with Gasteiger partial charge < -0.3 is 10.1 Å². The number of ether oxygens (including phenoxy) is 1. The summed E-state index contributed by atoms with van der Waals surface area (Å²) in [4.78, 5) is 3.74. The van der Waals surface area contributed by atoms with Crippen molar-refractivity contribution in [2.75, 3.05) is 30.7 Å². The van der Waals surface area contributed by atoms with Gasteiger partial charge in [-0.15, -0.1) is 0 Å². The van der Waals surface area contributed by atoms with E-state index in [0.717, 1.165) is 43.8 Å². The number of piperidine rings is 1. The van der Waals surface area contributed by atoms with Crippen molar-refractivity contribution in [3.8, 4) is 5.75 Å². The van der Waals surface area contributed by atoms with E-state index in [1.807, 2.05) is 18.2 Å². The van der Waals surface area contributed by atoms with Crippen molar-refractivity contribution in [1.29, 1.82) is 0 Å². The number of alkyl halides is 3. The van der Waals surface area contributed by atoms with Crippen LogP contribution < -0.4 is 14.8 Å². The standard InChI is InChI=1S/C25H28F3N3O3S/c1-35(32,33)31-19-5-2-4-18(16-19)20(17-10-13-29-14-11-17)12-15-34-23-7-3-6-22-21(23)8-9-24(30-22)25(26,27)28/h2-9,16-17,20,29,31H,10-15H2,1H3. The molecule has 0 radical (unpaired) electrons. The molecule has 1 fully saturated rings. The van der Waals surface area contributed by atoms with Crippen LogP contribution in [0.25, 0.3) is 10.9 Å². The quantitative estimate of drug-likeness (QED) is 0.439. The lowest BCUT2D eigenvalue weighted by Crippen LogP contribution is -2.31. The average molecular weight is 508 g/mol. The van der Waals surface area contributed by atoms with Gasteiger partial charge in [0.15, 0.2) is 0 Å². The number of fused-ring (bicyclic) bond motifs is 1. The Morgan fingerprint density at radius 1 is 1.11 bits per heavy atom. The number of rotatable bonds is 8. The van der Waals surface area contributed by atoms with Crippen molar-refractivity contribution >= 4 is 26.6 Å². The molecule has 1 saturated heterocycles. The van der Waals surface area contributed by atoms with E-state index in [9.17, 15) is 21.6 Å². The number of benzene rings is 2. The molecule has 4 rings (SSSR count). The van der Waals surface area contributed by atoms with Crippen LogP contribution in [0.5, 0.6) is 5.75 Å². The summed E-state index contributed by atoms with van der Waals surface area (Å²) in [6.07, 6.45) is -0.723. The van der Waals surface area contributed by atoms with Gasteiger partial charge in [-0.05, 0) is 86.1 Å². The number of nitrogens with one attached hydrogen (secondary N) is 2. The van der Waals surface area contributed by atoms with Gasteiger partial charge in [-0.3, -0.25) is 4.72 Å². The first-order chi connectivity index (χ1) is 16.6. The van der Waals surface area contributed by atoms with Crippen LogP contribution in [0.15, 0.2) is 54.6 Å². The molecule has 1 aliphatic rings. The summed E-state index contributed by atoms with van der Waals surface area (Å²) in [7, 11) is -3.39. The lowest BCUT2D eigenvalue weighted by molar-refractivity contribution is -0.140. The van der Waals surface area contributed by atoms with E-state index in [1.54, 1.807) is 18.2 Å². The van der Waals surface area contributed by atoms with Crippen molar-refractivity contribution in [1.82, 2.24) is 10.3 Å². The molecule has 0 spiro atoms. The first kappa shape index (κ1) is 25.2. The van der Waals surface area contributed by atoms with Gasteiger partial charge in [0, 0.05) is 11.1 Å². The van der Waals surface area contributed by atoms with E-state index in [-0.39, 0.29) is 11.4 Å². The molecule has 6 nitrogen and oxygen atoms in total. The highest BCUT2D eigenvalue weighted by atomic mass is 32.2. The van der Waals surface area contributed by atoms with Crippen LogP contribution in [0, 0.1) is 5.92 Å². The zero-order chi connectivity index (χ0) is 25.1. The molecule has 0 amide bonds. The normalized spacial score (nSPS) is 16.2. The SMILES string of the molecule is CS(=O)(=O)Nc1cccc(C(CCOc2cccc3nc(C(F)(F)F)ccc23)C2CCNCC2)c1. The summed E-state index contributed by atoms with van der Waals surface area (Å²) in [5.41, 5.74) is 0.844. The molecule has 2 N–H and O–H groups in total. The monoisotopic (exact) mass is 507 g/mol. The van der Waals surface area contributed by atoms with Gasteiger partial charge in [-0.2, -0.15) is 13.2 Å². The Balaban J connectivity index is 1.53. The highest BCUT2D eigenvalue weighted by Crippen LogP contribution is 2.36. The lowest BCUT2D eigenvalue weighted by atomic mass is 9.78. The van der Waals surface area contributed by atoms with Crippen molar-refractivity contribution in [3.63, 3.8) is 0 Å². The van der Waals surface area contributed by atoms with Crippen LogP contribution in [0.3, 0.4) is 0 Å². The first-order valence-corrected chi connectivity index (χ1v) is 13.4. The zero-order valence-corrected chi connectivity index (χ0v) is 20.1. The molecule has 2 heterocycles. The van der Waals surface area contributed by atoms with Gasteiger partial charge in [0.25, 0.3) is 0 Å². The second kappa shape index (κ2) is 10.4. The summed E-state index contributed by atoms with van der Waals surface area (Å²) in [6.45, 7) is 2.19. The van der Waals surface area contributed by atoms with Crippen LogP contribution in [-0.4, -0.2) is 39.4 Å². The fraction of sp³-hybridized carbons (Fsp3) is 0.400. The predicted molar refractivity (Wildman–Crippen MR) is 130 cm³/mol. The van der Waals surface area contributed by atoms with Crippen molar-refractivity contribution in [3.05, 3.63) is 65.9 Å². The Labute approximate surface area is 203 Å². The minimum absolute atomic E-state index is 0.142. The van der Waals surface area contributed by atoms with Crippen LogP contribution in [0.2, 0.25) is 0 Å². The molecule has 2 aromatic carbocycles. The zero-order valence-electron chi connectivity index (χ0n) is 19.3. The van der Waals surface area contributed by atoms with E-state index in [4.69, 9.17) is 4.74 Å². The van der Waals surface area contributed by atoms with Gasteiger partial charge >= 0.3 is 6.18 Å². The number of halogens is 3. The molecule has 1 atom stereocenters. The number of anilines is 1. The number of hydrogen-bond acceptors (Lipinski definition) is 5. The molecule has 188 valence electrons. The molecular formula is C25H28F3N3O3S. The lowest BCUT2D eigenvalue weighted by Gasteiger charge is -2.31. The number of pyridine rings is 1. The number of sulfonamides is 1. The van der Waals surface area contributed by atoms with Gasteiger partial charge in [-0.25, -0.2) is 13.4 Å². The summed E-state index contributed by atoms with van der Waals surface area (Å²) >= 11 is 0. The Morgan fingerprint density at radius 3 is 2.57 bits per heavy atom. The molecule has 3 aromatic rings. The summed E-state index contributed by atoms with van der Waals surface area (Å²) < 4.78 is 71.1. The fourth-order valence-corrected chi connectivity index (χ4v) is 5.23. The molecular weight excluding hydrogens is 479 g/mol. The van der Waals surface area contributed by atoms with E-state index in [1.165, 1.54) is 12.1 Å². The van der Waals surface area contributed by atoms with E-state index < -0.39 is 21.9 Å². The summed E-state index contributed by atoms with van der Waals surface area (Å²) in [6, 6.07) is 14.7. The van der Waals surface area contributed by atoms with Gasteiger partial charge in [0.2, 0.25) is 10.0 Å². The number of aromatic nitrogens is 1. The maximum absolute atomic E-state index is 13.0. The maximum atomic E-state index is 13.0. The van der Waals surface area contributed by atoms with Gasteiger partial charge in [0.05, 0.1) is 18.4 Å². The third-order valence-corrected chi connectivity index (χ3v) is 6.85. The van der Waals surface area contributed by atoms with E-state index in [2.05, 4.69) is 15.0 Å². The Hall–Kier alpha value is -2.85. The minimum atomic E-state index is -4.51. The molecule has 1 unspecified atom stereocenters. The number of hydrogen-bond donors (Lipinski definition) is 2. The highest BCUT2D eigenvalue weighted by Gasteiger charge is 2.32. The molecule has 35 heavy (non-hydrogen) atoms. The predicted octanol–water partition coefficient (Wildman–Crippen LogP) is 5.18. The molecule has 10 heteroatoms. The fourth-order valence-electron chi connectivity index (χ4n) is 4.67. The topological polar surface area (TPSA) is 80.3 Å². The third kappa shape index (κ3) is 6.64. The molecule has 0 bridgehead atoms. The van der Waals surface area contributed by atoms with Gasteiger partial charge in [-0.1, -0.05) is 18.2 Å². The van der Waals surface area contributed by atoms with Gasteiger partial charge in [0.1, 0.15) is 11.4 Å². The Kier molecular flexibility index (Phi) is 7.51. The van der Waals surface area contributed by atoms with Crippen molar-refractivity contribution in [2.45, 2.75) is 31.4 Å². The molecule has 1 aromatic heterocycles. The molecule has 1 aliphatic heterocycles. The van der Waals surface area contributed by atoms with Crippen LogP contribution in [-0.2, 0) is 16.2 Å².